The van der Waals surface area contributed by atoms with Crippen molar-refractivity contribution in [1.29, 1.82) is 0 Å². The minimum atomic E-state index is -0.470. The quantitative estimate of drug-likeness (QED) is 0.887. The van der Waals surface area contributed by atoms with Crippen LogP contribution < -0.4 is 5.32 Å². The maximum absolute atomic E-state index is 13.6. The van der Waals surface area contributed by atoms with Crippen molar-refractivity contribution in [3.05, 3.63) is 28.5 Å². The molecule has 6 heteroatoms. The highest BCUT2D eigenvalue weighted by molar-refractivity contribution is 9.10. The van der Waals surface area contributed by atoms with Gasteiger partial charge in [0.1, 0.15) is 5.82 Å². The summed E-state index contributed by atoms with van der Waals surface area (Å²) in [6.45, 7) is 1.03. The number of carbonyl (C=O) groups is 1. The molecule has 1 aromatic carbocycles. The van der Waals surface area contributed by atoms with Gasteiger partial charge < -0.3 is 10.4 Å². The van der Waals surface area contributed by atoms with E-state index in [2.05, 4.69) is 21.2 Å². The van der Waals surface area contributed by atoms with Crippen LogP contribution in [0.25, 0.3) is 0 Å². The number of likely N-dealkylation sites (tertiary alicyclic amines) is 1. The molecule has 1 aliphatic rings. The molecular weight excluding hydrogens is 315 g/mol. The average Bonchev–Trinajstić information content (AvgIpc) is 2.80. The summed E-state index contributed by atoms with van der Waals surface area (Å²) < 4.78 is 14.2. The van der Waals surface area contributed by atoms with Crippen LogP contribution in [-0.4, -0.2) is 41.7 Å². The fourth-order valence-electron chi connectivity index (χ4n) is 2.28. The molecule has 1 fully saturated rings. The molecule has 1 heterocycles. The fraction of sp³-hybridized carbons (Fsp3) is 0.462. The van der Waals surface area contributed by atoms with E-state index in [1.165, 1.54) is 12.1 Å². The lowest BCUT2D eigenvalue weighted by molar-refractivity contribution is -0.117. The molecule has 104 valence electrons. The van der Waals surface area contributed by atoms with Crippen LogP contribution in [0.4, 0.5) is 10.1 Å². The monoisotopic (exact) mass is 330 g/mol. The van der Waals surface area contributed by atoms with Gasteiger partial charge in [0, 0.05) is 10.5 Å². The largest absolute Gasteiger partial charge is 0.395 e. The lowest BCUT2D eigenvalue weighted by atomic mass is 10.2. The molecule has 0 aliphatic carbocycles. The Morgan fingerprint density at radius 3 is 3.05 bits per heavy atom. The predicted molar refractivity (Wildman–Crippen MR) is 74.4 cm³/mol. The van der Waals surface area contributed by atoms with Crippen molar-refractivity contribution in [3.8, 4) is 0 Å². The Morgan fingerprint density at radius 1 is 1.58 bits per heavy atom. The van der Waals surface area contributed by atoms with Crippen LogP contribution in [-0.2, 0) is 4.79 Å². The van der Waals surface area contributed by atoms with Gasteiger partial charge in [-0.3, -0.25) is 9.69 Å². The summed E-state index contributed by atoms with van der Waals surface area (Å²) in [5.41, 5.74) is 0.174. The third-order valence-electron chi connectivity index (χ3n) is 3.26. The number of nitrogens with one attached hydrogen (secondary N) is 1. The van der Waals surface area contributed by atoms with Crippen LogP contribution in [0, 0.1) is 5.82 Å². The summed E-state index contributed by atoms with van der Waals surface area (Å²) in [4.78, 5) is 13.8. The smallest absolute Gasteiger partial charge is 0.238 e. The molecule has 1 amide bonds. The first-order valence-electron chi connectivity index (χ1n) is 6.20. The molecule has 0 radical (unpaired) electrons. The number of carbonyl (C=O) groups excluding carboxylic acids is 1. The topological polar surface area (TPSA) is 52.6 Å². The van der Waals surface area contributed by atoms with E-state index in [0.717, 1.165) is 19.4 Å². The number of halogens is 2. The minimum absolute atomic E-state index is 0.0421. The summed E-state index contributed by atoms with van der Waals surface area (Å²) in [5.74, 6) is -0.732. The van der Waals surface area contributed by atoms with Gasteiger partial charge >= 0.3 is 0 Å². The van der Waals surface area contributed by atoms with Gasteiger partial charge in [-0.05, 0) is 37.6 Å². The predicted octanol–water partition coefficient (Wildman–Crippen LogP) is 1.98. The molecule has 0 bridgehead atoms. The first-order chi connectivity index (χ1) is 9.10. The van der Waals surface area contributed by atoms with Crippen LogP contribution in [0.1, 0.15) is 12.8 Å². The number of nitrogens with zero attached hydrogens (tertiary/aromatic N) is 1. The molecule has 1 aliphatic heterocycles. The summed E-state index contributed by atoms with van der Waals surface area (Å²) >= 11 is 3.16. The van der Waals surface area contributed by atoms with Crippen molar-refractivity contribution in [1.82, 2.24) is 4.90 Å². The van der Waals surface area contributed by atoms with Gasteiger partial charge in [0.2, 0.25) is 5.91 Å². The Hall–Kier alpha value is -0.980. The number of rotatable bonds is 4. The third-order valence-corrected chi connectivity index (χ3v) is 3.75. The number of amides is 1. The Kier molecular flexibility index (Phi) is 4.90. The van der Waals surface area contributed by atoms with Crippen molar-refractivity contribution < 1.29 is 14.3 Å². The highest BCUT2D eigenvalue weighted by Gasteiger charge is 2.25. The van der Waals surface area contributed by atoms with Crippen LogP contribution in [0.15, 0.2) is 22.7 Å². The number of benzene rings is 1. The lowest BCUT2D eigenvalue weighted by Gasteiger charge is -2.21. The van der Waals surface area contributed by atoms with Crippen molar-refractivity contribution in [3.63, 3.8) is 0 Å². The Labute approximate surface area is 119 Å². The van der Waals surface area contributed by atoms with Crippen LogP contribution in [0.2, 0.25) is 0 Å². The number of aliphatic hydroxyl groups excluding tert-OH is 1. The molecule has 0 saturated carbocycles. The van der Waals surface area contributed by atoms with E-state index in [1.807, 2.05) is 4.90 Å². The highest BCUT2D eigenvalue weighted by atomic mass is 79.9. The summed E-state index contributed by atoms with van der Waals surface area (Å²) in [6, 6.07) is 4.54. The van der Waals surface area contributed by atoms with E-state index in [4.69, 9.17) is 0 Å². The lowest BCUT2D eigenvalue weighted by Crippen LogP contribution is -2.38. The molecule has 19 heavy (non-hydrogen) atoms. The molecule has 1 saturated heterocycles. The van der Waals surface area contributed by atoms with Crippen LogP contribution >= 0.6 is 15.9 Å². The zero-order valence-electron chi connectivity index (χ0n) is 10.4. The highest BCUT2D eigenvalue weighted by Crippen LogP contribution is 2.20. The van der Waals surface area contributed by atoms with Crippen LogP contribution in [0.3, 0.4) is 0 Å². The summed E-state index contributed by atoms with van der Waals surface area (Å²) in [6.07, 6.45) is 1.88. The molecule has 4 nitrogen and oxygen atoms in total. The van der Waals surface area contributed by atoms with Crippen molar-refractivity contribution in [2.75, 3.05) is 25.0 Å². The zero-order chi connectivity index (χ0) is 13.8. The first kappa shape index (κ1) is 14.4. The molecule has 1 aromatic rings. The SMILES string of the molecule is O=C(CN1CCC[C@@H]1CO)Nc1ccc(Br)cc1F. The number of hydrogen-bond acceptors (Lipinski definition) is 3. The van der Waals surface area contributed by atoms with Crippen molar-refractivity contribution in [2.24, 2.45) is 0 Å². The minimum Gasteiger partial charge on any atom is -0.395 e. The van der Waals surface area contributed by atoms with E-state index in [0.29, 0.717) is 4.47 Å². The molecule has 0 spiro atoms. The Balaban J connectivity index is 1.94. The van der Waals surface area contributed by atoms with Gasteiger partial charge in [0.05, 0.1) is 18.8 Å². The molecule has 0 aromatic heterocycles. The van der Waals surface area contributed by atoms with Gasteiger partial charge in [-0.2, -0.15) is 0 Å². The van der Waals surface area contributed by atoms with E-state index >= 15 is 0 Å². The number of anilines is 1. The second kappa shape index (κ2) is 6.45. The van der Waals surface area contributed by atoms with Gasteiger partial charge in [0.15, 0.2) is 0 Å². The van der Waals surface area contributed by atoms with E-state index in [-0.39, 0.29) is 30.8 Å². The maximum atomic E-state index is 13.6. The first-order valence-corrected chi connectivity index (χ1v) is 6.99. The fourth-order valence-corrected chi connectivity index (χ4v) is 2.61. The zero-order valence-corrected chi connectivity index (χ0v) is 12.0. The second-order valence-corrected chi connectivity index (χ2v) is 5.54. The maximum Gasteiger partial charge on any atom is 0.238 e. The van der Waals surface area contributed by atoms with Gasteiger partial charge in [-0.25, -0.2) is 4.39 Å². The van der Waals surface area contributed by atoms with E-state index < -0.39 is 5.82 Å². The third kappa shape index (κ3) is 3.75. The molecule has 2 N–H and O–H groups in total. The second-order valence-electron chi connectivity index (χ2n) is 4.62. The standard InChI is InChI=1S/C13H16BrFN2O2/c14-9-3-4-12(11(15)6-9)16-13(19)7-17-5-1-2-10(17)8-18/h3-4,6,10,18H,1-2,5,7-8H2,(H,16,19)/t10-/m1/s1. The van der Waals surface area contributed by atoms with Crippen molar-refractivity contribution >= 4 is 27.5 Å². The number of hydrogen-bond donors (Lipinski definition) is 2. The Bertz CT molecular complexity index is 470. The molecule has 2 rings (SSSR count). The summed E-state index contributed by atoms with van der Waals surface area (Å²) in [7, 11) is 0. The number of aliphatic hydroxyl groups is 1. The van der Waals surface area contributed by atoms with Crippen molar-refractivity contribution in [2.45, 2.75) is 18.9 Å². The Morgan fingerprint density at radius 2 is 2.37 bits per heavy atom. The van der Waals surface area contributed by atoms with Gasteiger partial charge in [-0.15, -0.1) is 0 Å². The van der Waals surface area contributed by atoms with Gasteiger partial charge in [-0.1, -0.05) is 15.9 Å². The normalized spacial score (nSPS) is 19.6. The van der Waals surface area contributed by atoms with E-state index in [9.17, 15) is 14.3 Å². The van der Waals surface area contributed by atoms with Crippen LogP contribution in [0.5, 0.6) is 0 Å². The molecule has 1 atom stereocenters. The van der Waals surface area contributed by atoms with Gasteiger partial charge in [0.25, 0.3) is 0 Å². The molecule has 0 unspecified atom stereocenters. The average molecular weight is 331 g/mol. The van der Waals surface area contributed by atoms with E-state index in [1.54, 1.807) is 6.07 Å². The summed E-state index contributed by atoms with van der Waals surface area (Å²) in [5, 5.41) is 11.7. The molecular formula is C13H16BrFN2O2.